The molecule has 2 aromatic carbocycles. The lowest BCUT2D eigenvalue weighted by atomic mass is 10.1. The van der Waals surface area contributed by atoms with Gasteiger partial charge >= 0.3 is 0 Å². The second-order valence-electron chi connectivity index (χ2n) is 6.69. The molecule has 0 unspecified atom stereocenters. The van der Waals surface area contributed by atoms with Crippen molar-refractivity contribution in [2.24, 2.45) is 0 Å². The molecular formula is C21H22N4O4S. The fourth-order valence-corrected chi connectivity index (χ4v) is 3.70. The van der Waals surface area contributed by atoms with E-state index in [1.54, 1.807) is 24.3 Å². The maximum absolute atomic E-state index is 12.4. The molecule has 0 saturated carbocycles. The molecule has 0 fully saturated rings. The standard InChI is InChI=1S/C21H22N4O4S/c1-4-12-25(30(3,27)28)18-10-8-16(9-11-18)21(26)22-14-19-23-20(24-29-19)17-7-5-6-15(2)13-17/h4-11,13H,1,12,14H2,2-3H3,(H,22,26). The number of sulfonamides is 1. The molecule has 156 valence electrons. The number of nitrogens with zero attached hydrogens (tertiary/aromatic N) is 3. The normalized spacial score (nSPS) is 11.1. The van der Waals surface area contributed by atoms with Crippen LogP contribution in [0, 0.1) is 6.92 Å². The van der Waals surface area contributed by atoms with E-state index in [-0.39, 0.29) is 24.9 Å². The van der Waals surface area contributed by atoms with E-state index >= 15 is 0 Å². The Labute approximate surface area is 175 Å². The summed E-state index contributed by atoms with van der Waals surface area (Å²) in [6.45, 7) is 5.77. The molecule has 0 aliphatic rings. The molecular weight excluding hydrogens is 404 g/mol. The molecule has 8 nitrogen and oxygen atoms in total. The van der Waals surface area contributed by atoms with Crippen molar-refractivity contribution in [3.63, 3.8) is 0 Å². The summed E-state index contributed by atoms with van der Waals surface area (Å²) in [5.74, 6) is 0.396. The van der Waals surface area contributed by atoms with Crippen LogP contribution in [0.3, 0.4) is 0 Å². The van der Waals surface area contributed by atoms with E-state index in [4.69, 9.17) is 4.52 Å². The lowest BCUT2D eigenvalue weighted by Gasteiger charge is -2.20. The van der Waals surface area contributed by atoms with Gasteiger partial charge in [0.25, 0.3) is 5.91 Å². The van der Waals surface area contributed by atoms with Crippen LogP contribution in [0.25, 0.3) is 11.4 Å². The number of anilines is 1. The highest BCUT2D eigenvalue weighted by Gasteiger charge is 2.17. The fourth-order valence-electron chi connectivity index (χ4n) is 2.81. The minimum Gasteiger partial charge on any atom is -0.343 e. The van der Waals surface area contributed by atoms with Gasteiger partial charge in [-0.15, -0.1) is 6.58 Å². The molecule has 0 radical (unpaired) electrons. The first kappa shape index (κ1) is 21.3. The van der Waals surface area contributed by atoms with Crippen LogP contribution < -0.4 is 9.62 Å². The van der Waals surface area contributed by atoms with Gasteiger partial charge in [0.05, 0.1) is 25.0 Å². The van der Waals surface area contributed by atoms with Crippen LogP contribution in [-0.2, 0) is 16.6 Å². The van der Waals surface area contributed by atoms with E-state index in [1.807, 2.05) is 31.2 Å². The van der Waals surface area contributed by atoms with Crippen LogP contribution in [0.5, 0.6) is 0 Å². The molecule has 9 heteroatoms. The summed E-state index contributed by atoms with van der Waals surface area (Å²) in [6.07, 6.45) is 2.61. The number of aryl methyl sites for hydroxylation is 1. The predicted molar refractivity (Wildman–Crippen MR) is 114 cm³/mol. The SMILES string of the molecule is C=CCN(c1ccc(C(=O)NCc2nc(-c3cccc(C)c3)no2)cc1)S(C)(=O)=O. The summed E-state index contributed by atoms with van der Waals surface area (Å²) in [4.78, 5) is 16.7. The Morgan fingerprint density at radius 2 is 1.97 bits per heavy atom. The van der Waals surface area contributed by atoms with E-state index in [0.717, 1.165) is 17.4 Å². The molecule has 0 spiro atoms. The van der Waals surface area contributed by atoms with Gasteiger partial charge in [0.2, 0.25) is 21.7 Å². The van der Waals surface area contributed by atoms with Gasteiger partial charge in [0.1, 0.15) is 0 Å². The summed E-state index contributed by atoms with van der Waals surface area (Å²) in [7, 11) is -3.45. The Morgan fingerprint density at radius 1 is 1.23 bits per heavy atom. The number of aromatic nitrogens is 2. The average molecular weight is 426 g/mol. The second-order valence-corrected chi connectivity index (χ2v) is 8.60. The van der Waals surface area contributed by atoms with Crippen LogP contribution in [0.1, 0.15) is 21.8 Å². The number of benzene rings is 2. The van der Waals surface area contributed by atoms with E-state index in [2.05, 4.69) is 22.0 Å². The lowest BCUT2D eigenvalue weighted by molar-refractivity contribution is 0.0946. The maximum atomic E-state index is 12.4. The minimum absolute atomic E-state index is 0.0747. The van der Waals surface area contributed by atoms with Crippen molar-refractivity contribution < 1.29 is 17.7 Å². The smallest absolute Gasteiger partial charge is 0.251 e. The Kier molecular flexibility index (Phi) is 6.31. The number of rotatable bonds is 8. The number of nitrogens with one attached hydrogen (secondary N) is 1. The van der Waals surface area contributed by atoms with Gasteiger partial charge < -0.3 is 9.84 Å². The number of carbonyl (C=O) groups is 1. The van der Waals surface area contributed by atoms with E-state index < -0.39 is 10.0 Å². The molecule has 30 heavy (non-hydrogen) atoms. The highest BCUT2D eigenvalue weighted by Crippen LogP contribution is 2.19. The topological polar surface area (TPSA) is 105 Å². The van der Waals surface area contributed by atoms with E-state index in [9.17, 15) is 13.2 Å². The fraction of sp³-hybridized carbons (Fsp3) is 0.190. The van der Waals surface area contributed by atoms with Gasteiger partial charge in [-0.3, -0.25) is 9.10 Å². The van der Waals surface area contributed by atoms with Crippen molar-refractivity contribution in [1.29, 1.82) is 0 Å². The zero-order valence-corrected chi connectivity index (χ0v) is 17.5. The van der Waals surface area contributed by atoms with E-state index in [1.165, 1.54) is 10.4 Å². The lowest BCUT2D eigenvalue weighted by Crippen LogP contribution is -2.30. The Hall–Kier alpha value is -3.46. The average Bonchev–Trinajstić information content (AvgIpc) is 3.19. The molecule has 0 atom stereocenters. The molecule has 0 aliphatic heterocycles. The van der Waals surface area contributed by atoms with Crippen molar-refractivity contribution >= 4 is 21.6 Å². The number of hydrogen-bond donors (Lipinski definition) is 1. The molecule has 3 aromatic rings. The summed E-state index contributed by atoms with van der Waals surface area (Å²) < 4.78 is 30.2. The second kappa shape index (κ2) is 8.91. The molecule has 1 amide bonds. The van der Waals surface area contributed by atoms with Gasteiger partial charge in [-0.2, -0.15) is 4.98 Å². The minimum atomic E-state index is -3.45. The first-order valence-electron chi connectivity index (χ1n) is 9.14. The van der Waals surface area contributed by atoms with Crippen LogP contribution in [0.4, 0.5) is 5.69 Å². The van der Waals surface area contributed by atoms with Gasteiger partial charge in [-0.25, -0.2) is 8.42 Å². The number of carbonyl (C=O) groups excluding carboxylic acids is 1. The van der Waals surface area contributed by atoms with Crippen molar-refractivity contribution in [1.82, 2.24) is 15.5 Å². The summed E-state index contributed by atoms with van der Waals surface area (Å²) >= 11 is 0. The maximum Gasteiger partial charge on any atom is 0.251 e. The van der Waals surface area contributed by atoms with E-state index in [0.29, 0.717) is 17.1 Å². The zero-order chi connectivity index (χ0) is 21.7. The summed E-state index contributed by atoms with van der Waals surface area (Å²) in [6, 6.07) is 14.0. The van der Waals surface area contributed by atoms with Gasteiger partial charge in [-0.05, 0) is 37.3 Å². The van der Waals surface area contributed by atoms with Crippen molar-refractivity contribution in [2.45, 2.75) is 13.5 Å². The van der Waals surface area contributed by atoms with Crippen molar-refractivity contribution in [3.8, 4) is 11.4 Å². The van der Waals surface area contributed by atoms with Crippen molar-refractivity contribution in [3.05, 3.63) is 78.2 Å². The van der Waals surface area contributed by atoms with Gasteiger partial charge in [-0.1, -0.05) is 35.0 Å². The third kappa shape index (κ3) is 5.12. The molecule has 0 bridgehead atoms. The molecule has 3 rings (SSSR count). The van der Waals surface area contributed by atoms with Crippen LogP contribution >= 0.6 is 0 Å². The first-order valence-corrected chi connectivity index (χ1v) is 11.0. The van der Waals surface area contributed by atoms with Crippen molar-refractivity contribution in [2.75, 3.05) is 17.1 Å². The highest BCUT2D eigenvalue weighted by molar-refractivity contribution is 7.92. The van der Waals surface area contributed by atoms with Crippen LogP contribution in [0.15, 0.2) is 65.7 Å². The molecule has 1 aromatic heterocycles. The number of amides is 1. The Bertz CT molecular complexity index is 1150. The molecule has 0 saturated heterocycles. The first-order chi connectivity index (χ1) is 14.3. The largest absolute Gasteiger partial charge is 0.343 e. The third-order valence-corrected chi connectivity index (χ3v) is 5.42. The third-order valence-electron chi connectivity index (χ3n) is 4.26. The highest BCUT2D eigenvalue weighted by atomic mass is 32.2. The predicted octanol–water partition coefficient (Wildman–Crippen LogP) is 2.93. The van der Waals surface area contributed by atoms with Crippen LogP contribution in [0.2, 0.25) is 0 Å². The quantitative estimate of drug-likeness (QED) is 0.555. The molecule has 1 heterocycles. The molecule has 0 aliphatic carbocycles. The number of hydrogen-bond acceptors (Lipinski definition) is 6. The monoisotopic (exact) mass is 426 g/mol. The molecule has 1 N–H and O–H groups in total. The summed E-state index contributed by atoms with van der Waals surface area (Å²) in [5.41, 5.74) is 2.75. The zero-order valence-electron chi connectivity index (χ0n) is 16.7. The Morgan fingerprint density at radius 3 is 2.60 bits per heavy atom. The Balaban J connectivity index is 1.65. The van der Waals surface area contributed by atoms with Gasteiger partial charge in [0.15, 0.2) is 0 Å². The summed E-state index contributed by atoms with van der Waals surface area (Å²) in [5, 5.41) is 6.65. The van der Waals surface area contributed by atoms with Crippen LogP contribution in [-0.4, -0.2) is 37.3 Å². The van der Waals surface area contributed by atoms with Gasteiger partial charge in [0, 0.05) is 11.1 Å².